The number of hydrogen-bond donors (Lipinski definition) is 1. The van der Waals surface area contributed by atoms with E-state index in [2.05, 4.69) is 10.3 Å². The maximum Gasteiger partial charge on any atom is 0.253 e. The Kier molecular flexibility index (Phi) is 5.05. The summed E-state index contributed by atoms with van der Waals surface area (Å²) in [6.07, 6.45) is 5.88. The maximum absolute atomic E-state index is 12.3. The summed E-state index contributed by atoms with van der Waals surface area (Å²) in [6.45, 7) is 1.26. The predicted octanol–water partition coefficient (Wildman–Crippen LogP) is 0.614. The van der Waals surface area contributed by atoms with E-state index in [0.717, 1.165) is 25.1 Å². The second-order valence-corrected chi connectivity index (χ2v) is 8.67. The number of anilines is 1. The van der Waals surface area contributed by atoms with Crippen LogP contribution in [0.4, 0.5) is 5.69 Å². The van der Waals surface area contributed by atoms with Crippen molar-refractivity contribution in [3.8, 4) is 0 Å². The first kappa shape index (κ1) is 17.2. The van der Waals surface area contributed by atoms with Crippen molar-refractivity contribution in [3.63, 3.8) is 0 Å². The zero-order valence-electron chi connectivity index (χ0n) is 13.8. The molecule has 0 radical (unpaired) electrons. The van der Waals surface area contributed by atoms with Crippen molar-refractivity contribution in [2.75, 3.05) is 36.6 Å². The molecular weight excluding hydrogens is 330 g/mol. The Hall–Kier alpha value is -1.67. The topological polar surface area (TPSA) is 88.6 Å². The van der Waals surface area contributed by atoms with Crippen LogP contribution < -0.4 is 10.2 Å². The summed E-state index contributed by atoms with van der Waals surface area (Å²) in [7, 11) is -1.10. The highest BCUT2D eigenvalue weighted by atomic mass is 32.2. The minimum atomic E-state index is -2.95. The standard InChI is InChI=1S/C16H23N3O4S/c1-19(13-4-6-24(21,22)11-13)14-7-12(8-17-9-14)16(20)18-10-15-3-2-5-23-15/h7-9,13,15H,2-6,10-11H2,1H3,(H,18,20). The van der Waals surface area contributed by atoms with Crippen LogP contribution in [0.2, 0.25) is 0 Å². The quantitative estimate of drug-likeness (QED) is 0.835. The van der Waals surface area contributed by atoms with E-state index in [1.54, 1.807) is 12.3 Å². The third kappa shape index (κ3) is 4.05. The van der Waals surface area contributed by atoms with E-state index < -0.39 is 9.84 Å². The number of nitrogens with zero attached hydrogens (tertiary/aromatic N) is 2. The van der Waals surface area contributed by atoms with Gasteiger partial charge in [-0.15, -0.1) is 0 Å². The van der Waals surface area contributed by atoms with Gasteiger partial charge in [0.05, 0.1) is 35.1 Å². The molecule has 2 aliphatic rings. The summed E-state index contributed by atoms with van der Waals surface area (Å²) in [6, 6.07) is 1.69. The number of sulfone groups is 1. The maximum atomic E-state index is 12.3. The molecule has 1 amide bonds. The Bertz CT molecular complexity index is 701. The summed E-state index contributed by atoms with van der Waals surface area (Å²) in [5, 5.41) is 2.87. The van der Waals surface area contributed by atoms with Crippen LogP contribution in [0.5, 0.6) is 0 Å². The van der Waals surface area contributed by atoms with E-state index in [1.165, 1.54) is 6.20 Å². The molecule has 1 N–H and O–H groups in total. The average Bonchev–Trinajstić information content (AvgIpc) is 3.21. The molecule has 0 aliphatic carbocycles. The molecule has 8 heteroatoms. The molecule has 7 nitrogen and oxygen atoms in total. The van der Waals surface area contributed by atoms with E-state index in [4.69, 9.17) is 4.74 Å². The summed E-state index contributed by atoms with van der Waals surface area (Å²) in [4.78, 5) is 18.3. The number of pyridine rings is 1. The first-order chi connectivity index (χ1) is 11.4. The largest absolute Gasteiger partial charge is 0.376 e. The number of aromatic nitrogens is 1. The monoisotopic (exact) mass is 353 g/mol. The van der Waals surface area contributed by atoms with Crippen molar-refractivity contribution in [1.29, 1.82) is 0 Å². The smallest absolute Gasteiger partial charge is 0.253 e. The number of amides is 1. The molecule has 24 heavy (non-hydrogen) atoms. The van der Waals surface area contributed by atoms with Gasteiger partial charge in [-0.05, 0) is 25.3 Å². The highest BCUT2D eigenvalue weighted by molar-refractivity contribution is 7.91. The van der Waals surface area contributed by atoms with E-state index in [1.807, 2.05) is 11.9 Å². The van der Waals surface area contributed by atoms with Gasteiger partial charge in [-0.1, -0.05) is 0 Å². The van der Waals surface area contributed by atoms with Crippen LogP contribution in [-0.4, -0.2) is 63.2 Å². The van der Waals surface area contributed by atoms with Crippen LogP contribution in [-0.2, 0) is 14.6 Å². The lowest BCUT2D eigenvalue weighted by molar-refractivity contribution is 0.0857. The Morgan fingerprint density at radius 1 is 1.42 bits per heavy atom. The summed E-state index contributed by atoms with van der Waals surface area (Å²) in [5.41, 5.74) is 1.22. The van der Waals surface area contributed by atoms with Crippen LogP contribution in [0.1, 0.15) is 29.6 Å². The van der Waals surface area contributed by atoms with Crippen LogP contribution in [0.25, 0.3) is 0 Å². The van der Waals surface area contributed by atoms with Crippen LogP contribution in [0.3, 0.4) is 0 Å². The fourth-order valence-corrected chi connectivity index (χ4v) is 4.92. The van der Waals surface area contributed by atoms with Gasteiger partial charge in [-0.2, -0.15) is 0 Å². The van der Waals surface area contributed by atoms with Crippen LogP contribution in [0, 0.1) is 0 Å². The highest BCUT2D eigenvalue weighted by Crippen LogP contribution is 2.23. The molecule has 2 saturated heterocycles. The number of rotatable bonds is 5. The van der Waals surface area contributed by atoms with E-state index >= 15 is 0 Å². The lowest BCUT2D eigenvalue weighted by Crippen LogP contribution is -2.34. The fourth-order valence-electron chi connectivity index (χ4n) is 3.15. The Morgan fingerprint density at radius 3 is 2.92 bits per heavy atom. The van der Waals surface area contributed by atoms with E-state index in [-0.39, 0.29) is 29.6 Å². The van der Waals surface area contributed by atoms with Gasteiger partial charge in [0.2, 0.25) is 0 Å². The molecule has 2 fully saturated rings. The van der Waals surface area contributed by atoms with Crippen molar-refractivity contribution in [1.82, 2.24) is 10.3 Å². The third-order valence-corrected chi connectivity index (χ3v) is 6.41. The second kappa shape index (κ2) is 7.06. The Balaban J connectivity index is 1.63. The van der Waals surface area contributed by atoms with Crippen molar-refractivity contribution < 1.29 is 17.9 Å². The first-order valence-corrected chi connectivity index (χ1v) is 10.0. The third-order valence-electron chi connectivity index (χ3n) is 4.66. The molecule has 0 aromatic carbocycles. The number of carbonyl (C=O) groups excluding carboxylic acids is 1. The lowest BCUT2D eigenvalue weighted by Gasteiger charge is -2.25. The van der Waals surface area contributed by atoms with Gasteiger partial charge in [-0.3, -0.25) is 9.78 Å². The lowest BCUT2D eigenvalue weighted by atomic mass is 10.2. The molecule has 132 valence electrons. The Morgan fingerprint density at radius 2 is 2.25 bits per heavy atom. The molecule has 1 aromatic heterocycles. The van der Waals surface area contributed by atoms with Crippen molar-refractivity contribution in [3.05, 3.63) is 24.0 Å². The minimum Gasteiger partial charge on any atom is -0.376 e. The summed E-state index contributed by atoms with van der Waals surface area (Å²) < 4.78 is 28.8. The molecule has 0 saturated carbocycles. The van der Waals surface area contributed by atoms with E-state index in [9.17, 15) is 13.2 Å². The van der Waals surface area contributed by atoms with Gasteiger partial charge < -0.3 is 15.0 Å². The van der Waals surface area contributed by atoms with Gasteiger partial charge in [0, 0.05) is 32.4 Å². The van der Waals surface area contributed by atoms with Gasteiger partial charge >= 0.3 is 0 Å². The second-order valence-electron chi connectivity index (χ2n) is 6.44. The summed E-state index contributed by atoms with van der Waals surface area (Å²) in [5.74, 6) is 0.183. The number of hydrogen-bond acceptors (Lipinski definition) is 6. The van der Waals surface area contributed by atoms with Crippen molar-refractivity contribution in [2.24, 2.45) is 0 Å². The summed E-state index contributed by atoms with van der Waals surface area (Å²) >= 11 is 0. The number of carbonyl (C=O) groups is 1. The van der Waals surface area contributed by atoms with Gasteiger partial charge in [-0.25, -0.2) is 8.42 Å². The van der Waals surface area contributed by atoms with Crippen LogP contribution in [0.15, 0.2) is 18.5 Å². The minimum absolute atomic E-state index is 0.0676. The zero-order chi connectivity index (χ0) is 17.2. The number of ether oxygens (including phenoxy) is 1. The molecule has 2 aliphatic heterocycles. The molecule has 1 aromatic rings. The highest BCUT2D eigenvalue weighted by Gasteiger charge is 2.31. The normalized spacial score (nSPS) is 25.5. The average molecular weight is 353 g/mol. The van der Waals surface area contributed by atoms with Crippen LogP contribution >= 0.6 is 0 Å². The molecule has 0 spiro atoms. The fraction of sp³-hybridized carbons (Fsp3) is 0.625. The molecular formula is C16H23N3O4S. The molecule has 2 atom stereocenters. The molecule has 2 unspecified atom stereocenters. The van der Waals surface area contributed by atoms with Crippen molar-refractivity contribution >= 4 is 21.4 Å². The Labute approximate surface area is 142 Å². The van der Waals surface area contributed by atoms with E-state index in [0.29, 0.717) is 18.5 Å². The van der Waals surface area contributed by atoms with Crippen molar-refractivity contribution in [2.45, 2.75) is 31.4 Å². The van der Waals surface area contributed by atoms with Gasteiger partial charge in [0.15, 0.2) is 9.84 Å². The molecule has 3 rings (SSSR count). The first-order valence-electron chi connectivity index (χ1n) is 8.23. The molecule has 3 heterocycles. The molecule has 0 bridgehead atoms. The predicted molar refractivity (Wildman–Crippen MR) is 91.0 cm³/mol. The van der Waals surface area contributed by atoms with Gasteiger partial charge in [0.25, 0.3) is 5.91 Å². The number of nitrogens with one attached hydrogen (secondary N) is 1. The SMILES string of the molecule is CN(c1cncc(C(=O)NCC2CCCO2)c1)C1CCS(=O)(=O)C1. The zero-order valence-corrected chi connectivity index (χ0v) is 14.6. The van der Waals surface area contributed by atoms with Gasteiger partial charge in [0.1, 0.15) is 0 Å².